The number of ether oxygens (including phenoxy) is 2. The number of carbonyl (C=O) groups excluding carboxylic acids is 2. The molecule has 2 aliphatic rings. The van der Waals surface area contributed by atoms with E-state index in [-0.39, 0.29) is 37.2 Å². The van der Waals surface area contributed by atoms with Crippen LogP contribution in [0.25, 0.3) is 0 Å². The molecule has 0 spiro atoms. The van der Waals surface area contributed by atoms with Gasteiger partial charge in [0.1, 0.15) is 17.5 Å². The number of halogens is 2. The van der Waals surface area contributed by atoms with E-state index < -0.39 is 29.8 Å². The fourth-order valence-electron chi connectivity index (χ4n) is 3.79. The maximum absolute atomic E-state index is 14.6. The lowest BCUT2D eigenvalue weighted by molar-refractivity contribution is -0.117. The van der Waals surface area contributed by atoms with Crippen LogP contribution in [0.4, 0.5) is 25.0 Å². The Morgan fingerprint density at radius 2 is 1.88 bits per heavy atom. The third-order valence-electron chi connectivity index (χ3n) is 5.81. The number of alkyl carbamates (subject to hydrolysis) is 1. The van der Waals surface area contributed by atoms with Gasteiger partial charge in [-0.05, 0) is 69.2 Å². The van der Waals surface area contributed by atoms with Crippen molar-refractivity contribution in [3.8, 4) is 0 Å². The topological polar surface area (TPSA) is 105 Å². The van der Waals surface area contributed by atoms with Crippen molar-refractivity contribution in [3.63, 3.8) is 0 Å². The summed E-state index contributed by atoms with van der Waals surface area (Å²) in [5.74, 6) is -1.15. The summed E-state index contributed by atoms with van der Waals surface area (Å²) >= 11 is 0. The average Bonchev–Trinajstić information content (AvgIpc) is 2.89. The van der Waals surface area contributed by atoms with E-state index in [0.29, 0.717) is 12.0 Å². The fraction of sp³-hybridized carbons (Fsp3) is 0.448. The van der Waals surface area contributed by atoms with Gasteiger partial charge in [-0.15, -0.1) is 0 Å². The molecule has 2 aliphatic carbocycles. The van der Waals surface area contributed by atoms with Crippen LogP contribution in [0.5, 0.6) is 0 Å². The highest BCUT2D eigenvalue weighted by molar-refractivity contribution is 5.96. The molecule has 216 valence electrons. The third kappa shape index (κ3) is 9.71. The number of nitrogens with zero attached hydrogens (tertiary/aromatic N) is 3. The monoisotopic (exact) mass is 557 g/mol. The van der Waals surface area contributed by atoms with Gasteiger partial charge in [-0.1, -0.05) is 18.2 Å². The molecule has 9 nitrogen and oxygen atoms in total. The number of hydrogen-bond donors (Lipinski definition) is 2. The van der Waals surface area contributed by atoms with Crippen molar-refractivity contribution in [2.24, 2.45) is 10.2 Å². The Kier molecular flexibility index (Phi) is 10.7. The van der Waals surface area contributed by atoms with Crippen LogP contribution in [0.1, 0.15) is 27.2 Å². The predicted molar refractivity (Wildman–Crippen MR) is 150 cm³/mol. The minimum atomic E-state index is -1.74. The number of nitrogens with one attached hydrogen (secondary N) is 2. The summed E-state index contributed by atoms with van der Waals surface area (Å²) in [6, 6.07) is 7.50. The second kappa shape index (κ2) is 14.0. The minimum Gasteiger partial charge on any atom is -0.444 e. The molecule has 0 fully saturated rings. The molecule has 0 aromatic heterocycles. The molecule has 40 heavy (non-hydrogen) atoms. The maximum atomic E-state index is 14.6. The molecular formula is C29H37F2N5O4. The van der Waals surface area contributed by atoms with Crippen molar-refractivity contribution in [1.29, 1.82) is 0 Å². The van der Waals surface area contributed by atoms with Gasteiger partial charge in [-0.3, -0.25) is 4.79 Å². The Bertz CT molecular complexity index is 1200. The Morgan fingerprint density at radius 1 is 1.15 bits per heavy atom. The van der Waals surface area contributed by atoms with Gasteiger partial charge in [0.15, 0.2) is 6.17 Å². The van der Waals surface area contributed by atoms with Crippen LogP contribution in [-0.2, 0) is 14.3 Å². The zero-order valence-corrected chi connectivity index (χ0v) is 23.5. The highest BCUT2D eigenvalue weighted by Gasteiger charge is 2.29. The zero-order chi connectivity index (χ0) is 29.3. The van der Waals surface area contributed by atoms with Crippen molar-refractivity contribution < 1.29 is 27.8 Å². The number of rotatable bonds is 10. The highest BCUT2D eigenvalue weighted by Crippen LogP contribution is 2.25. The Morgan fingerprint density at radius 3 is 2.48 bits per heavy atom. The van der Waals surface area contributed by atoms with E-state index in [1.807, 2.05) is 43.3 Å². The molecule has 3 unspecified atom stereocenters. The molecule has 0 aliphatic heterocycles. The van der Waals surface area contributed by atoms with Gasteiger partial charge in [0.25, 0.3) is 5.91 Å². The van der Waals surface area contributed by atoms with Crippen molar-refractivity contribution >= 4 is 23.4 Å². The molecule has 3 rings (SSSR count). The van der Waals surface area contributed by atoms with Crippen LogP contribution in [0.3, 0.4) is 0 Å². The Balaban J connectivity index is 1.41. The Hall–Kier alpha value is -3.86. The summed E-state index contributed by atoms with van der Waals surface area (Å²) in [7, 11) is 3.93. The van der Waals surface area contributed by atoms with Crippen LogP contribution in [0, 0.1) is 0 Å². The van der Waals surface area contributed by atoms with E-state index in [1.165, 1.54) is 6.08 Å². The molecular weight excluding hydrogens is 520 g/mol. The first kappa shape index (κ1) is 30.7. The maximum Gasteiger partial charge on any atom is 0.407 e. The summed E-state index contributed by atoms with van der Waals surface area (Å²) in [4.78, 5) is 26.2. The van der Waals surface area contributed by atoms with E-state index in [1.54, 1.807) is 39.0 Å². The van der Waals surface area contributed by atoms with Crippen LogP contribution in [-0.4, -0.2) is 69.7 Å². The molecule has 0 saturated heterocycles. The first-order chi connectivity index (χ1) is 18.9. The van der Waals surface area contributed by atoms with Gasteiger partial charge >= 0.3 is 6.09 Å². The summed E-state index contributed by atoms with van der Waals surface area (Å²) in [5, 5.41) is 13.7. The van der Waals surface area contributed by atoms with Crippen molar-refractivity contribution in [1.82, 2.24) is 10.6 Å². The van der Waals surface area contributed by atoms with Gasteiger partial charge < -0.3 is 25.0 Å². The molecule has 0 saturated carbocycles. The van der Waals surface area contributed by atoms with Crippen LogP contribution < -0.4 is 15.5 Å². The summed E-state index contributed by atoms with van der Waals surface area (Å²) in [6.45, 7) is 5.07. The molecule has 1 aromatic rings. The molecule has 1 aromatic carbocycles. The number of hydrogen-bond acceptors (Lipinski definition) is 7. The molecule has 2 amide bonds. The fourth-order valence-corrected chi connectivity index (χ4v) is 3.79. The van der Waals surface area contributed by atoms with Crippen molar-refractivity contribution in [2.75, 3.05) is 38.7 Å². The van der Waals surface area contributed by atoms with Gasteiger partial charge in [0, 0.05) is 38.4 Å². The third-order valence-corrected chi connectivity index (χ3v) is 5.81. The summed E-state index contributed by atoms with van der Waals surface area (Å²) in [6.07, 6.45) is 4.28. The average molecular weight is 558 g/mol. The second-order valence-electron chi connectivity index (χ2n) is 10.6. The lowest BCUT2D eigenvalue weighted by atomic mass is 10.0. The van der Waals surface area contributed by atoms with E-state index >= 15 is 0 Å². The Labute approximate surface area is 233 Å². The normalized spacial score (nSPS) is 20.9. The first-order valence-corrected chi connectivity index (χ1v) is 13.1. The smallest absolute Gasteiger partial charge is 0.407 e. The van der Waals surface area contributed by atoms with E-state index in [2.05, 4.69) is 20.9 Å². The van der Waals surface area contributed by atoms with Gasteiger partial charge in [0.05, 0.1) is 18.3 Å². The van der Waals surface area contributed by atoms with E-state index in [4.69, 9.17) is 9.47 Å². The summed E-state index contributed by atoms with van der Waals surface area (Å²) < 4.78 is 39.5. The number of anilines is 1. The largest absolute Gasteiger partial charge is 0.444 e. The lowest BCUT2D eigenvalue weighted by Crippen LogP contribution is -2.36. The molecule has 2 N–H and O–H groups in total. The minimum absolute atomic E-state index is 0.0345. The molecule has 0 radical (unpaired) electrons. The lowest BCUT2D eigenvalue weighted by Gasteiger charge is -2.23. The standard InChI is InChI=1S/C29H37F2N5O4/c1-29(2,3)40-28(38)32-14-15-39-26-24(30)16-19(17-25(26)31)18-33-27(37)20-6-8-21(9-7-20)34-35-22-10-12-23(13-11-22)36(4)5/h6-8,10-13,16-17,21,24,26H,9,14-15,18H2,1-5H3,(H,32,38)(H,33,37). The van der Waals surface area contributed by atoms with Crippen molar-refractivity contribution in [2.45, 2.75) is 51.1 Å². The quantitative estimate of drug-likeness (QED) is 0.302. The van der Waals surface area contributed by atoms with E-state index in [0.717, 1.165) is 17.5 Å². The first-order valence-electron chi connectivity index (χ1n) is 13.1. The number of azo groups is 1. The molecule has 0 heterocycles. The van der Waals surface area contributed by atoms with Crippen LogP contribution in [0.2, 0.25) is 0 Å². The highest BCUT2D eigenvalue weighted by atomic mass is 19.1. The molecule has 3 atom stereocenters. The molecule has 11 heteroatoms. The van der Waals surface area contributed by atoms with Gasteiger partial charge in [0.2, 0.25) is 0 Å². The second-order valence-corrected chi connectivity index (χ2v) is 10.6. The van der Waals surface area contributed by atoms with E-state index in [9.17, 15) is 18.4 Å². The number of amides is 2. The zero-order valence-electron chi connectivity index (χ0n) is 23.5. The van der Waals surface area contributed by atoms with Gasteiger partial charge in [-0.25, -0.2) is 13.6 Å². The molecule has 0 bridgehead atoms. The van der Waals surface area contributed by atoms with Crippen molar-refractivity contribution in [3.05, 3.63) is 71.6 Å². The van der Waals surface area contributed by atoms with Crippen LogP contribution in [0.15, 0.2) is 81.8 Å². The SMILES string of the molecule is CN(C)c1ccc(N=NC2C=CC(C(=O)NCC3=CC(F)C(OCCNC(=O)OC(C)(C)C)C(F)=C3)=CC2)cc1. The predicted octanol–water partition coefficient (Wildman–Crippen LogP) is 5.25. The summed E-state index contributed by atoms with van der Waals surface area (Å²) in [5.41, 5.74) is 1.89. The van der Waals surface area contributed by atoms with Gasteiger partial charge in [-0.2, -0.15) is 10.2 Å². The number of carbonyl (C=O) groups is 2. The van der Waals surface area contributed by atoms with Crippen LogP contribution >= 0.6 is 0 Å². The number of benzene rings is 1. The number of alkyl halides is 1.